The zero-order chi connectivity index (χ0) is 46.2. The number of hydroxylamine groups is 2. The Bertz CT molecular complexity index is 3110. The van der Waals surface area contributed by atoms with Crippen LogP contribution >= 0.6 is 0 Å². The molecule has 22 heteroatoms. The van der Waals surface area contributed by atoms with E-state index in [-0.39, 0.29) is 68.5 Å². The summed E-state index contributed by atoms with van der Waals surface area (Å²) >= 11 is 0. The summed E-state index contributed by atoms with van der Waals surface area (Å²) in [6.45, 7) is 11.8. The predicted molar refractivity (Wildman–Crippen MR) is 217 cm³/mol. The van der Waals surface area contributed by atoms with Crippen molar-refractivity contribution < 1.29 is 77.3 Å². The van der Waals surface area contributed by atoms with E-state index in [0.29, 0.717) is 16.0 Å². The van der Waals surface area contributed by atoms with Crippen LogP contribution in [0.4, 0.5) is 5.69 Å². The minimum absolute atomic E-state index is 0.0272. The molecule has 7 rings (SSSR count). The number of amides is 2. The number of carboxylic acids is 1. The van der Waals surface area contributed by atoms with Crippen molar-refractivity contribution in [3.8, 4) is 11.5 Å². The average molecular weight is 914 g/mol. The Hall–Kier alpha value is -5.91. The van der Waals surface area contributed by atoms with Crippen molar-refractivity contribution in [3.63, 3.8) is 0 Å². The van der Waals surface area contributed by atoms with Gasteiger partial charge in [-0.15, -0.1) is 5.06 Å². The molecule has 0 atom stereocenters. The first-order valence-corrected chi connectivity index (χ1v) is 23.0. The van der Waals surface area contributed by atoms with Gasteiger partial charge < -0.3 is 23.8 Å². The molecule has 3 aromatic rings. The van der Waals surface area contributed by atoms with Crippen LogP contribution in [0.15, 0.2) is 59.5 Å². The van der Waals surface area contributed by atoms with Crippen LogP contribution in [0.3, 0.4) is 0 Å². The Morgan fingerprint density at radius 1 is 0.871 bits per heavy atom. The molecule has 2 N–H and O–H groups in total. The number of carboxylic acid groups (broad SMARTS) is 1. The van der Waals surface area contributed by atoms with Crippen LogP contribution in [0.1, 0.15) is 80.1 Å². The number of aromatic carboxylic acids is 1. The lowest BCUT2D eigenvalue weighted by atomic mass is 9.84. The van der Waals surface area contributed by atoms with Crippen LogP contribution in [0.2, 0.25) is 0 Å². The van der Waals surface area contributed by atoms with Crippen LogP contribution in [0.25, 0.3) is 16.7 Å². The van der Waals surface area contributed by atoms with Gasteiger partial charge in [-0.05, 0) is 47.1 Å². The second-order valence-electron chi connectivity index (χ2n) is 15.9. The number of hydrogen-bond acceptors (Lipinski definition) is 14. The Morgan fingerprint density at radius 2 is 1.45 bits per heavy atom. The first-order chi connectivity index (χ1) is 28.4. The number of carbonyl (C=O) groups is 4. The van der Waals surface area contributed by atoms with Crippen molar-refractivity contribution in [1.29, 1.82) is 0 Å². The molecular weight excluding hydrogens is 875 g/mol. The molecule has 4 heterocycles. The maximum atomic E-state index is 13.3. The quantitative estimate of drug-likeness (QED) is 0.144. The SMILES string of the molecule is C=[N+]1c2c(cc3c(c2S(=O)(=O)[O-])Oc2cc4c(cc2=C3c2ccccc2C(=O)O)C(CS(=O)(=O)O)=CC(C)(C)[N+]=4C)C(CS(=O)(=O)[O-])=CC1(C)C.CC(=O)ON1C(=O)CCC1=O. The molecule has 0 bridgehead atoms. The first kappa shape index (κ1) is 45.6. The Kier molecular flexibility index (Phi) is 11.4. The maximum Gasteiger partial charge on any atom is 0.336 e. The third-order valence-corrected chi connectivity index (χ3v) is 12.8. The molecule has 1 fully saturated rings. The van der Waals surface area contributed by atoms with E-state index in [0.717, 1.165) is 6.92 Å². The molecule has 0 saturated carbocycles. The molecule has 62 heavy (non-hydrogen) atoms. The number of hydrogen-bond donors (Lipinski definition) is 2. The largest absolute Gasteiger partial charge is 0.748 e. The van der Waals surface area contributed by atoms with Gasteiger partial charge in [0.25, 0.3) is 21.9 Å². The summed E-state index contributed by atoms with van der Waals surface area (Å²) in [5, 5.41) is 11.3. The van der Waals surface area contributed by atoms with Crippen LogP contribution in [-0.4, -0.2) is 114 Å². The number of nitrogens with zero attached hydrogens (tertiary/aromatic N) is 3. The minimum Gasteiger partial charge on any atom is -0.748 e. The Morgan fingerprint density at radius 3 is 2.00 bits per heavy atom. The van der Waals surface area contributed by atoms with Crippen molar-refractivity contribution >= 4 is 83.2 Å². The van der Waals surface area contributed by atoms with E-state index >= 15 is 0 Å². The summed E-state index contributed by atoms with van der Waals surface area (Å²) in [4.78, 5) is 47.8. The normalized spacial score (nSPS) is 17.6. The van der Waals surface area contributed by atoms with E-state index in [1.165, 1.54) is 53.1 Å². The lowest BCUT2D eigenvalue weighted by Crippen LogP contribution is -2.47. The molecule has 0 aliphatic carbocycles. The van der Waals surface area contributed by atoms with E-state index in [1.807, 2.05) is 0 Å². The Labute approximate surface area is 355 Å². The molecule has 0 unspecified atom stereocenters. The molecule has 1 saturated heterocycles. The van der Waals surface area contributed by atoms with Crippen molar-refractivity contribution in [3.05, 3.63) is 93.0 Å². The van der Waals surface area contributed by atoms with Crippen LogP contribution in [0.5, 0.6) is 11.5 Å². The zero-order valence-corrected chi connectivity index (χ0v) is 36.4. The van der Waals surface area contributed by atoms with Gasteiger partial charge in [0.15, 0.2) is 21.7 Å². The fourth-order valence-electron chi connectivity index (χ4n) is 7.67. The predicted octanol–water partition coefficient (Wildman–Crippen LogP) is 1.51. The highest BCUT2D eigenvalue weighted by Crippen LogP contribution is 2.51. The second kappa shape index (κ2) is 15.5. The number of benzene rings is 3. The lowest BCUT2D eigenvalue weighted by molar-refractivity contribution is -0.504. The standard InChI is InChI=1S/C34H32N2O12S3.C6H7NO4/c1-33(2)14-18(16-49(39,40)41)22-11-24-27(13-26(22)35(33)5)48-30-25(28(24)20-9-7-8-10-21(20)32(37)38)12-23-19(17-50(42,43)44)15-34(3,4)36(6)29(23)31(30)51(45,46)47;1-4(8)11-7-5(9)2-3-6(7)10/h7-15H,6,16-17H2,1-5H3,(H2-2,37,38,39,40,41,42,43,44,45,46,47);2-3H2,1H3. The number of fused-ring (bicyclic) bond motifs is 4. The van der Waals surface area contributed by atoms with Crippen LogP contribution in [-0.2, 0) is 49.6 Å². The van der Waals surface area contributed by atoms with E-state index in [9.17, 15) is 63.2 Å². The summed E-state index contributed by atoms with van der Waals surface area (Å²) < 4.78 is 120. The van der Waals surface area contributed by atoms with E-state index in [4.69, 9.17) is 4.74 Å². The smallest absolute Gasteiger partial charge is 0.336 e. The first-order valence-electron chi connectivity index (χ1n) is 18.4. The fourth-order valence-corrected chi connectivity index (χ4v) is 9.76. The third kappa shape index (κ3) is 8.74. The fraction of sp³-hybridized carbons (Fsp3) is 0.300. The summed E-state index contributed by atoms with van der Waals surface area (Å²) in [6.07, 6.45) is 3.33. The van der Waals surface area contributed by atoms with Gasteiger partial charge in [0.1, 0.15) is 35.4 Å². The van der Waals surface area contributed by atoms with Crippen LogP contribution in [0, 0.1) is 0 Å². The summed E-state index contributed by atoms with van der Waals surface area (Å²) in [5.74, 6) is -5.30. The van der Waals surface area contributed by atoms with Crippen molar-refractivity contribution in [2.45, 2.75) is 63.4 Å². The van der Waals surface area contributed by atoms with Crippen LogP contribution < -0.4 is 19.9 Å². The van der Waals surface area contributed by atoms with Crippen molar-refractivity contribution in [1.82, 2.24) is 9.64 Å². The molecule has 0 spiro atoms. The summed E-state index contributed by atoms with van der Waals surface area (Å²) in [7, 11) is -13.3. The van der Waals surface area contributed by atoms with E-state index in [2.05, 4.69) is 11.6 Å². The molecule has 328 valence electrons. The van der Waals surface area contributed by atoms with Gasteiger partial charge in [0.2, 0.25) is 11.0 Å². The molecule has 2 amide bonds. The highest BCUT2D eigenvalue weighted by molar-refractivity contribution is 7.86. The molecule has 0 radical (unpaired) electrons. The average Bonchev–Trinajstić information content (AvgIpc) is 3.43. The summed E-state index contributed by atoms with van der Waals surface area (Å²) in [6, 6.07) is 10.1. The van der Waals surface area contributed by atoms with Gasteiger partial charge >= 0.3 is 11.9 Å². The van der Waals surface area contributed by atoms with Gasteiger partial charge in [-0.2, -0.15) is 13.0 Å². The zero-order valence-electron chi connectivity index (χ0n) is 33.9. The maximum absolute atomic E-state index is 13.3. The molecule has 4 aliphatic heterocycles. The second-order valence-corrected chi connectivity index (χ2v) is 20.0. The van der Waals surface area contributed by atoms with Gasteiger partial charge in [-0.3, -0.25) is 14.1 Å². The monoisotopic (exact) mass is 913 g/mol. The van der Waals surface area contributed by atoms with Gasteiger partial charge in [-0.25, -0.2) is 31.0 Å². The topological polar surface area (TPSA) is 285 Å². The number of rotatable bonds is 8. The Balaban J connectivity index is 0.000000508. The van der Waals surface area contributed by atoms with Gasteiger partial charge in [0.05, 0.1) is 38.6 Å². The number of carbonyl (C=O) groups excluding carboxylic acids is 3. The number of imide groups is 1. The lowest BCUT2D eigenvalue weighted by Gasteiger charge is -2.32. The molecule has 3 aromatic carbocycles. The van der Waals surface area contributed by atoms with Crippen molar-refractivity contribution in [2.24, 2.45) is 0 Å². The molecule has 0 aromatic heterocycles. The number of ether oxygens (including phenoxy) is 1. The molecule has 4 aliphatic rings. The number of likely N-dealkylation sites (N-methyl/N-ethyl adjacent to an activating group) is 1. The van der Waals surface area contributed by atoms with Crippen molar-refractivity contribution in [2.75, 3.05) is 18.6 Å². The highest BCUT2D eigenvalue weighted by Gasteiger charge is 2.44. The molecule has 19 nitrogen and oxygen atoms in total. The van der Waals surface area contributed by atoms with Gasteiger partial charge in [-0.1, -0.05) is 18.2 Å². The summed E-state index contributed by atoms with van der Waals surface area (Å²) in [5.41, 5.74) is -2.34. The van der Waals surface area contributed by atoms with E-state index in [1.54, 1.807) is 45.4 Å². The third-order valence-electron chi connectivity index (χ3n) is 10.6. The molecular formula is C40H39N3O16S3. The van der Waals surface area contributed by atoms with E-state index < -0.39 is 87.3 Å². The minimum atomic E-state index is -5.50. The van der Waals surface area contributed by atoms with Gasteiger partial charge in [0, 0.05) is 63.8 Å². The highest BCUT2D eigenvalue weighted by atomic mass is 32.2.